The lowest BCUT2D eigenvalue weighted by atomic mass is 10.1. The molecule has 2 aromatic carbocycles. The van der Waals surface area contributed by atoms with Gasteiger partial charge in [-0.1, -0.05) is 26.0 Å². The summed E-state index contributed by atoms with van der Waals surface area (Å²) < 4.78 is 16.8. The molecule has 0 saturated heterocycles. The maximum absolute atomic E-state index is 12.7. The highest BCUT2D eigenvalue weighted by Gasteiger charge is 2.14. The summed E-state index contributed by atoms with van der Waals surface area (Å²) in [6, 6.07) is 11.9. The van der Waals surface area contributed by atoms with Crippen LogP contribution in [0, 0.1) is 0 Å². The van der Waals surface area contributed by atoms with Gasteiger partial charge in [0.05, 0.1) is 18.8 Å². The fourth-order valence-corrected chi connectivity index (χ4v) is 2.37. The molecule has 0 spiro atoms. The van der Waals surface area contributed by atoms with E-state index in [0.29, 0.717) is 36.0 Å². The number of hydrogen-bond donors (Lipinski definition) is 2. The molecule has 0 aliphatic heterocycles. The minimum atomic E-state index is -0.615. The maximum atomic E-state index is 12.7. The number of benzene rings is 2. The van der Waals surface area contributed by atoms with E-state index in [-0.39, 0.29) is 18.3 Å². The first-order valence-electron chi connectivity index (χ1n) is 9.26. The van der Waals surface area contributed by atoms with Gasteiger partial charge in [0, 0.05) is 11.8 Å². The largest absolute Gasteiger partial charge is 0.490 e. The quantitative estimate of drug-likeness (QED) is 0.617. The topological polar surface area (TPSA) is 99.9 Å². The van der Waals surface area contributed by atoms with Crippen molar-refractivity contribution >= 4 is 17.5 Å². The fraction of sp³-hybridized carbons (Fsp3) is 0.333. The molecular formula is C21H26N2O5. The van der Waals surface area contributed by atoms with Gasteiger partial charge in [0.2, 0.25) is 0 Å². The second-order valence-electron chi connectivity index (χ2n) is 6.06. The molecule has 0 aromatic heterocycles. The average molecular weight is 386 g/mol. The summed E-state index contributed by atoms with van der Waals surface area (Å²) in [6.07, 6.45) is 1.74. The van der Waals surface area contributed by atoms with Crippen molar-refractivity contribution in [2.75, 3.05) is 25.1 Å². The molecule has 3 N–H and O–H groups in total. The second-order valence-corrected chi connectivity index (χ2v) is 6.06. The molecular weight excluding hydrogens is 360 g/mol. The van der Waals surface area contributed by atoms with Crippen LogP contribution in [0.5, 0.6) is 17.2 Å². The molecule has 0 atom stereocenters. The summed E-state index contributed by atoms with van der Waals surface area (Å²) >= 11 is 0. The fourth-order valence-electron chi connectivity index (χ4n) is 2.37. The minimum absolute atomic E-state index is 0.282. The lowest BCUT2D eigenvalue weighted by Gasteiger charge is -2.15. The molecule has 0 aliphatic rings. The number of amides is 2. The first-order valence-corrected chi connectivity index (χ1v) is 9.26. The number of nitrogens with two attached hydrogens (primary N) is 1. The van der Waals surface area contributed by atoms with E-state index in [1.165, 1.54) is 0 Å². The number of nitrogens with one attached hydrogen (secondary N) is 1. The van der Waals surface area contributed by atoms with Crippen molar-refractivity contribution in [2.45, 2.75) is 26.7 Å². The normalized spacial score (nSPS) is 10.2. The molecule has 0 fully saturated rings. The van der Waals surface area contributed by atoms with Crippen molar-refractivity contribution in [3.8, 4) is 17.2 Å². The molecule has 0 aliphatic carbocycles. The van der Waals surface area contributed by atoms with E-state index >= 15 is 0 Å². The summed E-state index contributed by atoms with van der Waals surface area (Å²) in [5.74, 6) is 0.508. The number of anilines is 1. The zero-order chi connectivity index (χ0) is 20.4. The van der Waals surface area contributed by atoms with Crippen LogP contribution in [0.2, 0.25) is 0 Å². The van der Waals surface area contributed by atoms with Crippen LogP contribution in [0.4, 0.5) is 5.69 Å². The van der Waals surface area contributed by atoms with Gasteiger partial charge >= 0.3 is 0 Å². The van der Waals surface area contributed by atoms with Crippen molar-refractivity contribution in [3.05, 3.63) is 48.0 Å². The van der Waals surface area contributed by atoms with Crippen LogP contribution in [-0.4, -0.2) is 31.6 Å². The van der Waals surface area contributed by atoms with Gasteiger partial charge in [0.1, 0.15) is 5.75 Å². The average Bonchev–Trinajstić information content (AvgIpc) is 2.70. The van der Waals surface area contributed by atoms with Crippen molar-refractivity contribution in [2.24, 2.45) is 5.73 Å². The molecule has 0 heterocycles. The Labute approximate surface area is 164 Å². The highest BCUT2D eigenvalue weighted by Crippen LogP contribution is 2.31. The summed E-state index contributed by atoms with van der Waals surface area (Å²) in [4.78, 5) is 23.6. The van der Waals surface area contributed by atoms with Crippen LogP contribution in [-0.2, 0) is 4.79 Å². The third-order valence-corrected chi connectivity index (χ3v) is 3.63. The molecule has 7 heteroatoms. The number of primary amides is 1. The van der Waals surface area contributed by atoms with Gasteiger partial charge in [-0.2, -0.15) is 0 Å². The highest BCUT2D eigenvalue weighted by molar-refractivity contribution is 6.06. The number of carbonyl (C=O) groups is 2. The third kappa shape index (κ3) is 6.19. The molecule has 0 radical (unpaired) electrons. The van der Waals surface area contributed by atoms with E-state index in [1.807, 2.05) is 13.8 Å². The standard InChI is InChI=1S/C21H26N2O5/c1-3-11-26-18-10-9-15(13-19(18)27-12-4-2)23-21(25)16-7-5-6-8-17(16)28-14-20(22)24/h5-10,13H,3-4,11-12,14H2,1-2H3,(H2,22,24)(H,23,25). The maximum Gasteiger partial charge on any atom is 0.259 e. The Morgan fingerprint density at radius 1 is 0.893 bits per heavy atom. The number of rotatable bonds is 11. The summed E-state index contributed by atoms with van der Waals surface area (Å²) in [6.45, 7) is 4.87. The molecule has 7 nitrogen and oxygen atoms in total. The molecule has 28 heavy (non-hydrogen) atoms. The van der Waals surface area contributed by atoms with Crippen LogP contribution >= 0.6 is 0 Å². The number of ether oxygens (including phenoxy) is 3. The lowest BCUT2D eigenvalue weighted by Crippen LogP contribution is -2.21. The van der Waals surface area contributed by atoms with Crippen molar-refractivity contribution in [1.82, 2.24) is 0 Å². The summed E-state index contributed by atoms with van der Waals surface area (Å²) in [5.41, 5.74) is 5.96. The Kier molecular flexibility index (Phi) is 8.14. The summed E-state index contributed by atoms with van der Waals surface area (Å²) in [5, 5.41) is 2.82. The van der Waals surface area contributed by atoms with Crippen LogP contribution < -0.4 is 25.3 Å². The molecule has 0 saturated carbocycles. The Morgan fingerprint density at radius 3 is 2.25 bits per heavy atom. The van der Waals surface area contributed by atoms with E-state index in [2.05, 4.69) is 5.32 Å². The van der Waals surface area contributed by atoms with Gasteiger partial charge in [-0.3, -0.25) is 9.59 Å². The first kappa shape index (κ1) is 21.1. The SMILES string of the molecule is CCCOc1ccc(NC(=O)c2ccccc2OCC(N)=O)cc1OCCC. The van der Waals surface area contributed by atoms with E-state index in [9.17, 15) is 9.59 Å². The van der Waals surface area contributed by atoms with Gasteiger partial charge < -0.3 is 25.3 Å². The Morgan fingerprint density at radius 2 is 1.57 bits per heavy atom. The number of hydrogen-bond acceptors (Lipinski definition) is 5. The van der Waals surface area contributed by atoms with Crippen LogP contribution in [0.25, 0.3) is 0 Å². The minimum Gasteiger partial charge on any atom is -0.490 e. The smallest absolute Gasteiger partial charge is 0.259 e. The Bertz CT molecular complexity index is 807. The van der Waals surface area contributed by atoms with Gasteiger partial charge in [-0.05, 0) is 37.1 Å². The Hall–Kier alpha value is -3.22. The molecule has 2 amide bonds. The van der Waals surface area contributed by atoms with E-state index in [0.717, 1.165) is 12.8 Å². The lowest BCUT2D eigenvalue weighted by molar-refractivity contribution is -0.119. The molecule has 2 rings (SSSR count). The zero-order valence-electron chi connectivity index (χ0n) is 16.2. The molecule has 150 valence electrons. The molecule has 0 unspecified atom stereocenters. The van der Waals surface area contributed by atoms with E-state index in [1.54, 1.807) is 42.5 Å². The van der Waals surface area contributed by atoms with E-state index < -0.39 is 5.91 Å². The van der Waals surface area contributed by atoms with Gasteiger partial charge in [-0.15, -0.1) is 0 Å². The highest BCUT2D eigenvalue weighted by atomic mass is 16.5. The predicted molar refractivity (Wildman–Crippen MR) is 107 cm³/mol. The van der Waals surface area contributed by atoms with Crippen LogP contribution in [0.1, 0.15) is 37.0 Å². The molecule has 2 aromatic rings. The summed E-state index contributed by atoms with van der Waals surface area (Å²) in [7, 11) is 0. The first-order chi connectivity index (χ1) is 13.5. The van der Waals surface area contributed by atoms with E-state index in [4.69, 9.17) is 19.9 Å². The Balaban J connectivity index is 2.18. The molecule has 0 bridgehead atoms. The van der Waals surface area contributed by atoms with Crippen molar-refractivity contribution in [1.29, 1.82) is 0 Å². The van der Waals surface area contributed by atoms with Gasteiger partial charge in [-0.25, -0.2) is 0 Å². The second kappa shape index (κ2) is 10.8. The van der Waals surface area contributed by atoms with Crippen LogP contribution in [0.3, 0.4) is 0 Å². The number of para-hydroxylation sites is 1. The predicted octanol–water partition coefficient (Wildman–Crippen LogP) is 3.38. The third-order valence-electron chi connectivity index (χ3n) is 3.63. The van der Waals surface area contributed by atoms with Crippen molar-refractivity contribution < 1.29 is 23.8 Å². The number of carbonyl (C=O) groups excluding carboxylic acids is 2. The van der Waals surface area contributed by atoms with Gasteiger partial charge in [0.25, 0.3) is 11.8 Å². The van der Waals surface area contributed by atoms with Crippen molar-refractivity contribution in [3.63, 3.8) is 0 Å². The zero-order valence-corrected chi connectivity index (χ0v) is 16.2. The van der Waals surface area contributed by atoms with Crippen LogP contribution in [0.15, 0.2) is 42.5 Å². The monoisotopic (exact) mass is 386 g/mol. The van der Waals surface area contributed by atoms with Gasteiger partial charge in [0.15, 0.2) is 18.1 Å².